The van der Waals surface area contributed by atoms with E-state index in [9.17, 15) is 0 Å². The Bertz CT molecular complexity index is 391. The first-order valence-electron chi connectivity index (χ1n) is 4.80. The van der Waals surface area contributed by atoms with Crippen LogP contribution in [-0.2, 0) is 0 Å². The molecule has 0 saturated carbocycles. The Hall–Kier alpha value is -1.23. The Labute approximate surface area is 103 Å². The summed E-state index contributed by atoms with van der Waals surface area (Å²) in [6.45, 7) is 3.88. The smallest absolute Gasteiger partial charge is 0.175 e. The lowest BCUT2D eigenvalue weighted by molar-refractivity contribution is 0.228. The van der Waals surface area contributed by atoms with Crippen molar-refractivity contribution in [1.29, 1.82) is 0 Å². The number of benzene rings is 1. The Morgan fingerprint density at radius 1 is 1.44 bits per heavy atom. The molecule has 0 atom stereocenters. The number of hydrogen-bond acceptors (Lipinski definition) is 4. The van der Waals surface area contributed by atoms with E-state index in [1.54, 1.807) is 19.2 Å². The second-order valence-electron chi connectivity index (χ2n) is 3.45. The number of nitrogens with zero attached hydrogens (tertiary/aromatic N) is 1. The summed E-state index contributed by atoms with van der Waals surface area (Å²) in [4.78, 5) is 0. The van der Waals surface area contributed by atoms with Crippen LogP contribution < -0.4 is 9.47 Å². The van der Waals surface area contributed by atoms with Crippen LogP contribution in [-0.4, -0.2) is 24.6 Å². The molecule has 1 N–H and O–H groups in total. The summed E-state index contributed by atoms with van der Waals surface area (Å²) in [5.41, 5.74) is 0.724. The molecule has 0 fully saturated rings. The lowest BCUT2D eigenvalue weighted by Gasteiger charge is -2.15. The van der Waals surface area contributed by atoms with Crippen molar-refractivity contribution in [2.24, 2.45) is 5.16 Å². The largest absolute Gasteiger partial charge is 0.493 e. The predicted molar refractivity (Wildman–Crippen MR) is 65.8 cm³/mol. The van der Waals surface area contributed by atoms with Crippen molar-refractivity contribution >= 4 is 22.1 Å². The maximum absolute atomic E-state index is 8.47. The van der Waals surface area contributed by atoms with E-state index in [-0.39, 0.29) is 6.10 Å². The van der Waals surface area contributed by atoms with Gasteiger partial charge in [-0.3, -0.25) is 0 Å². The molecule has 5 heteroatoms. The quantitative estimate of drug-likeness (QED) is 0.526. The molecule has 0 aliphatic heterocycles. The lowest BCUT2D eigenvalue weighted by atomic mass is 10.2. The van der Waals surface area contributed by atoms with Crippen LogP contribution in [0.25, 0.3) is 0 Å². The maximum Gasteiger partial charge on any atom is 0.175 e. The Morgan fingerprint density at radius 3 is 2.62 bits per heavy atom. The number of oxime groups is 1. The summed E-state index contributed by atoms with van der Waals surface area (Å²) in [5, 5.41) is 11.4. The summed E-state index contributed by atoms with van der Waals surface area (Å²) in [7, 11) is 1.56. The number of halogens is 1. The maximum atomic E-state index is 8.47. The lowest BCUT2D eigenvalue weighted by Crippen LogP contribution is -2.07. The van der Waals surface area contributed by atoms with Crippen LogP contribution in [0.4, 0.5) is 0 Å². The van der Waals surface area contributed by atoms with E-state index in [0.29, 0.717) is 11.5 Å². The van der Waals surface area contributed by atoms with Gasteiger partial charge in [0.25, 0.3) is 0 Å². The zero-order valence-electron chi connectivity index (χ0n) is 9.40. The van der Waals surface area contributed by atoms with E-state index in [2.05, 4.69) is 21.1 Å². The normalized spacial score (nSPS) is 11.1. The highest BCUT2D eigenvalue weighted by molar-refractivity contribution is 9.10. The second-order valence-corrected chi connectivity index (χ2v) is 4.30. The molecule has 88 valence electrons. The number of rotatable bonds is 4. The minimum absolute atomic E-state index is 0.0579. The molecule has 16 heavy (non-hydrogen) atoms. The van der Waals surface area contributed by atoms with Crippen LogP contribution in [0.1, 0.15) is 19.4 Å². The van der Waals surface area contributed by atoms with Crippen LogP contribution in [0.15, 0.2) is 21.8 Å². The van der Waals surface area contributed by atoms with E-state index in [0.717, 1.165) is 10.0 Å². The van der Waals surface area contributed by atoms with Gasteiger partial charge in [-0.05, 0) is 41.9 Å². The third kappa shape index (κ3) is 3.13. The van der Waals surface area contributed by atoms with Crippen molar-refractivity contribution in [2.45, 2.75) is 20.0 Å². The van der Waals surface area contributed by atoms with Crippen molar-refractivity contribution < 1.29 is 14.7 Å². The molecule has 0 amide bonds. The first-order valence-corrected chi connectivity index (χ1v) is 5.59. The third-order valence-electron chi connectivity index (χ3n) is 1.81. The van der Waals surface area contributed by atoms with Crippen molar-refractivity contribution in [3.63, 3.8) is 0 Å². The van der Waals surface area contributed by atoms with Gasteiger partial charge in [0.05, 0.1) is 23.9 Å². The molecule has 0 saturated heterocycles. The fourth-order valence-corrected chi connectivity index (χ4v) is 1.78. The molecule has 0 radical (unpaired) electrons. The Morgan fingerprint density at radius 2 is 2.12 bits per heavy atom. The molecule has 0 aromatic heterocycles. The van der Waals surface area contributed by atoms with Crippen molar-refractivity contribution in [1.82, 2.24) is 0 Å². The van der Waals surface area contributed by atoms with E-state index >= 15 is 0 Å². The fourth-order valence-electron chi connectivity index (χ4n) is 1.23. The molecular formula is C11H14BrNO3. The topological polar surface area (TPSA) is 51.0 Å². The van der Waals surface area contributed by atoms with Gasteiger partial charge >= 0.3 is 0 Å². The van der Waals surface area contributed by atoms with E-state index in [1.165, 1.54) is 6.21 Å². The highest BCUT2D eigenvalue weighted by Gasteiger charge is 2.12. The molecule has 0 aliphatic rings. The average Bonchev–Trinajstić information content (AvgIpc) is 2.21. The molecule has 0 spiro atoms. The monoisotopic (exact) mass is 287 g/mol. The van der Waals surface area contributed by atoms with Gasteiger partial charge < -0.3 is 14.7 Å². The van der Waals surface area contributed by atoms with Crippen molar-refractivity contribution in [2.75, 3.05) is 7.11 Å². The van der Waals surface area contributed by atoms with Crippen molar-refractivity contribution in [3.05, 3.63) is 22.2 Å². The zero-order valence-corrected chi connectivity index (χ0v) is 11.0. The highest BCUT2D eigenvalue weighted by Crippen LogP contribution is 2.36. The van der Waals surface area contributed by atoms with Gasteiger partial charge in [0.1, 0.15) is 0 Å². The molecule has 0 bridgehead atoms. The average molecular weight is 288 g/mol. The van der Waals surface area contributed by atoms with E-state index in [1.807, 2.05) is 13.8 Å². The van der Waals surface area contributed by atoms with Crippen LogP contribution in [0.5, 0.6) is 11.5 Å². The molecule has 1 aromatic rings. The molecule has 1 aromatic carbocycles. The minimum Gasteiger partial charge on any atom is -0.493 e. The van der Waals surface area contributed by atoms with Crippen molar-refractivity contribution in [3.8, 4) is 11.5 Å². The van der Waals surface area contributed by atoms with Crippen LogP contribution in [0.2, 0.25) is 0 Å². The highest BCUT2D eigenvalue weighted by atomic mass is 79.9. The zero-order chi connectivity index (χ0) is 12.1. The summed E-state index contributed by atoms with van der Waals surface area (Å²) >= 11 is 3.39. The molecule has 0 aliphatic carbocycles. The summed E-state index contributed by atoms with van der Waals surface area (Å²) in [6, 6.07) is 3.53. The predicted octanol–water partition coefficient (Wildman–Crippen LogP) is 3.05. The molecular weight excluding hydrogens is 274 g/mol. The SMILES string of the molecule is COc1cc(/C=N/O)cc(Br)c1OC(C)C. The van der Waals surface area contributed by atoms with Crippen LogP contribution in [0.3, 0.4) is 0 Å². The minimum atomic E-state index is 0.0579. The van der Waals surface area contributed by atoms with Gasteiger partial charge in [-0.2, -0.15) is 0 Å². The van der Waals surface area contributed by atoms with E-state index in [4.69, 9.17) is 14.7 Å². The second kappa shape index (κ2) is 5.75. The van der Waals surface area contributed by atoms with Gasteiger partial charge in [0.2, 0.25) is 0 Å². The van der Waals surface area contributed by atoms with Crippen LogP contribution in [0, 0.1) is 0 Å². The number of ether oxygens (including phenoxy) is 2. The van der Waals surface area contributed by atoms with Gasteiger partial charge in [0, 0.05) is 5.56 Å². The number of hydrogen-bond donors (Lipinski definition) is 1. The Balaban J connectivity index is 3.17. The van der Waals surface area contributed by atoms with E-state index < -0.39 is 0 Å². The summed E-state index contributed by atoms with van der Waals surface area (Å²) in [6.07, 6.45) is 1.38. The molecule has 0 heterocycles. The standard InChI is InChI=1S/C11H14BrNO3/c1-7(2)16-11-9(12)4-8(6-13-14)5-10(11)15-3/h4-7,14H,1-3H3/b13-6+. The summed E-state index contributed by atoms with van der Waals surface area (Å²) in [5.74, 6) is 1.24. The number of methoxy groups -OCH3 is 1. The molecule has 0 unspecified atom stereocenters. The van der Waals surface area contributed by atoms with Crippen LogP contribution >= 0.6 is 15.9 Å². The van der Waals surface area contributed by atoms with Gasteiger partial charge in [-0.1, -0.05) is 5.16 Å². The molecule has 1 rings (SSSR count). The first kappa shape index (κ1) is 12.8. The van der Waals surface area contributed by atoms with Gasteiger partial charge in [-0.25, -0.2) is 0 Å². The third-order valence-corrected chi connectivity index (χ3v) is 2.40. The van der Waals surface area contributed by atoms with Gasteiger partial charge in [0.15, 0.2) is 11.5 Å². The summed E-state index contributed by atoms with van der Waals surface area (Å²) < 4.78 is 11.6. The fraction of sp³-hybridized carbons (Fsp3) is 0.364. The molecule has 4 nitrogen and oxygen atoms in total. The Kier molecular flexibility index (Phi) is 4.61. The first-order chi connectivity index (χ1) is 7.58. The van der Waals surface area contributed by atoms with Gasteiger partial charge in [-0.15, -0.1) is 0 Å².